The summed E-state index contributed by atoms with van der Waals surface area (Å²) < 4.78 is 10.2. The predicted molar refractivity (Wildman–Crippen MR) is 424 cm³/mol. The van der Waals surface area contributed by atoms with Gasteiger partial charge in [-0.1, -0.05) is 245 Å². The van der Waals surface area contributed by atoms with Crippen LogP contribution in [-0.4, -0.2) is 18.3 Å². The average molecular weight is 1290 g/mol. The van der Waals surface area contributed by atoms with E-state index in [1.807, 2.05) is 0 Å². The molecule has 10 aromatic carbocycles. The second-order valence-electron chi connectivity index (χ2n) is 36.8. The zero-order chi connectivity index (χ0) is 70.4. The van der Waals surface area contributed by atoms with Crippen LogP contribution < -0.4 is 0 Å². The van der Waals surface area contributed by atoms with Gasteiger partial charge in [0.2, 0.25) is 0 Å². The molecule has 0 aliphatic carbocycles. The maximum Gasteiger partial charge on any atom is 0.104 e. The van der Waals surface area contributed by atoms with Crippen LogP contribution in [0.15, 0.2) is 176 Å². The minimum atomic E-state index is -0.150. The molecule has 0 bridgehead atoms. The Hall–Kier alpha value is -9.11. The molecule has 0 atom stereocenters. The fourth-order valence-electron chi connectivity index (χ4n) is 15.3. The Labute approximate surface area is 582 Å². The van der Waals surface area contributed by atoms with Crippen LogP contribution in [-0.2, 0) is 43.3 Å². The first kappa shape index (κ1) is 66.1. The van der Waals surface area contributed by atoms with Gasteiger partial charge in [-0.15, -0.1) is 0 Å². The van der Waals surface area contributed by atoms with Crippen molar-refractivity contribution >= 4 is 87.2 Å². The van der Waals surface area contributed by atoms with Crippen molar-refractivity contribution in [3.63, 3.8) is 0 Å². The number of nitrogens with zero attached hydrogens (tertiary/aromatic N) is 5. The molecule has 4 heterocycles. The summed E-state index contributed by atoms with van der Waals surface area (Å²) in [6.07, 6.45) is 0. The molecule has 0 aliphatic rings. The summed E-state index contributed by atoms with van der Waals surface area (Å²) in [5, 5.41) is 23.0. The van der Waals surface area contributed by atoms with E-state index in [-0.39, 0.29) is 43.3 Å². The molecule has 0 fully saturated rings. The minimum Gasteiger partial charge on any atom is -0.306 e. The number of aromatic nitrogens is 4. The summed E-state index contributed by atoms with van der Waals surface area (Å²) in [5.74, 6) is 0. The molecular weight excluding hydrogens is 1190 g/mol. The van der Waals surface area contributed by atoms with E-state index >= 15 is 0 Å². The molecule has 0 radical (unpaired) electrons. The smallest absolute Gasteiger partial charge is 0.104 e. The SMILES string of the molecule is CC(C)(C)c1ccc2c(c1)c1cc(C(C)(C)C)ccc1n2-c1c(C#N)c(-n2c3ccc(C(C)(C)C)cc3c3cc(C(C)(C)C)ccc32)c(-n2c3ccc(C(C)(C)C)cc3c3cc(C(C)(C)C)ccc32)c(-c2ccccc2)c1-n1c2ccc(C(C)(C)C)cc2c2cc(C(C)(C)C)ccc21. The fourth-order valence-corrected chi connectivity index (χ4v) is 15.3. The van der Waals surface area contributed by atoms with Crippen LogP contribution in [0.3, 0.4) is 0 Å². The molecule has 98 heavy (non-hydrogen) atoms. The third-order valence-electron chi connectivity index (χ3n) is 21.5. The summed E-state index contributed by atoms with van der Waals surface area (Å²) in [5.41, 5.74) is 23.4. The van der Waals surface area contributed by atoms with Crippen molar-refractivity contribution in [2.75, 3.05) is 0 Å². The number of hydrogen-bond donors (Lipinski definition) is 0. The van der Waals surface area contributed by atoms with Gasteiger partial charge in [-0.3, -0.25) is 0 Å². The molecule has 0 unspecified atom stereocenters. The lowest BCUT2D eigenvalue weighted by atomic mass is 9.85. The molecule has 0 amide bonds. The zero-order valence-corrected chi connectivity index (χ0v) is 63.0. The zero-order valence-electron chi connectivity index (χ0n) is 63.0. The number of hydrogen-bond acceptors (Lipinski definition) is 1. The fraction of sp³-hybridized carbons (Fsp3) is 0.344. The van der Waals surface area contributed by atoms with Crippen LogP contribution in [0.25, 0.3) is 121 Å². The molecule has 0 saturated heterocycles. The van der Waals surface area contributed by atoms with E-state index in [0.29, 0.717) is 5.56 Å². The highest BCUT2D eigenvalue weighted by atomic mass is 15.1. The normalized spacial score (nSPS) is 13.5. The van der Waals surface area contributed by atoms with Crippen molar-refractivity contribution in [3.05, 3.63) is 226 Å². The highest BCUT2D eigenvalue weighted by Gasteiger charge is 2.37. The Morgan fingerprint density at radius 1 is 0.224 bits per heavy atom. The van der Waals surface area contributed by atoms with Crippen molar-refractivity contribution in [2.24, 2.45) is 0 Å². The summed E-state index contributed by atoms with van der Waals surface area (Å²) in [7, 11) is 0. The lowest BCUT2D eigenvalue weighted by Gasteiger charge is -2.30. The average Bonchev–Trinajstić information content (AvgIpc) is 1.46. The van der Waals surface area contributed by atoms with E-state index < -0.39 is 0 Å². The number of benzene rings is 10. The van der Waals surface area contributed by atoms with Gasteiger partial charge in [-0.2, -0.15) is 5.26 Å². The number of nitriles is 1. The van der Waals surface area contributed by atoms with Crippen LogP contribution in [0.1, 0.15) is 216 Å². The van der Waals surface area contributed by atoms with Gasteiger partial charge in [0.25, 0.3) is 0 Å². The third kappa shape index (κ3) is 10.7. The van der Waals surface area contributed by atoms with Crippen LogP contribution in [0.5, 0.6) is 0 Å². The maximum atomic E-state index is 13.7. The largest absolute Gasteiger partial charge is 0.306 e. The summed E-state index contributed by atoms with van der Waals surface area (Å²) >= 11 is 0. The van der Waals surface area contributed by atoms with Crippen molar-refractivity contribution in [1.82, 2.24) is 18.3 Å². The summed E-state index contributed by atoms with van der Waals surface area (Å²) in [6, 6.07) is 71.9. The van der Waals surface area contributed by atoms with Gasteiger partial charge in [0, 0.05) is 48.7 Å². The minimum absolute atomic E-state index is 0.145. The molecule has 14 aromatic rings. The first-order valence-electron chi connectivity index (χ1n) is 35.7. The van der Waals surface area contributed by atoms with E-state index in [1.54, 1.807) is 0 Å². The Morgan fingerprint density at radius 2 is 0.398 bits per heavy atom. The molecular formula is C93H101N5. The van der Waals surface area contributed by atoms with E-state index in [0.717, 1.165) is 99.6 Å². The number of fused-ring (bicyclic) bond motifs is 12. The first-order chi connectivity index (χ1) is 45.6. The highest BCUT2D eigenvalue weighted by molar-refractivity contribution is 6.18. The molecule has 14 rings (SSSR count). The van der Waals surface area contributed by atoms with E-state index in [1.165, 1.54) is 66.1 Å². The third-order valence-corrected chi connectivity index (χ3v) is 21.5. The molecule has 0 N–H and O–H groups in total. The predicted octanol–water partition coefficient (Wildman–Crippen LogP) is 26.0. The van der Waals surface area contributed by atoms with E-state index in [9.17, 15) is 5.26 Å². The maximum absolute atomic E-state index is 13.7. The second-order valence-corrected chi connectivity index (χ2v) is 36.8. The Balaban J connectivity index is 1.36. The Morgan fingerprint density at radius 3 is 0.561 bits per heavy atom. The molecule has 5 heteroatoms. The van der Waals surface area contributed by atoms with Crippen LogP contribution in [0.2, 0.25) is 0 Å². The second kappa shape index (κ2) is 21.9. The van der Waals surface area contributed by atoms with Gasteiger partial charge < -0.3 is 18.3 Å². The molecule has 0 spiro atoms. The molecule has 5 nitrogen and oxygen atoms in total. The quantitative estimate of drug-likeness (QED) is 0.169. The van der Waals surface area contributed by atoms with E-state index in [2.05, 4.69) is 366 Å². The van der Waals surface area contributed by atoms with Crippen molar-refractivity contribution in [3.8, 4) is 39.9 Å². The van der Waals surface area contributed by atoms with Gasteiger partial charge in [0.1, 0.15) is 11.6 Å². The highest BCUT2D eigenvalue weighted by Crippen LogP contribution is 2.54. The van der Waals surface area contributed by atoms with E-state index in [4.69, 9.17) is 0 Å². The van der Waals surface area contributed by atoms with Crippen molar-refractivity contribution < 1.29 is 0 Å². The summed E-state index contributed by atoms with van der Waals surface area (Å²) in [6.45, 7) is 55.7. The number of rotatable bonds is 5. The first-order valence-corrected chi connectivity index (χ1v) is 35.7. The standard InChI is InChI=1S/C93H101N5/c1-86(2,3)56-30-38-73-64(46-56)65-47-57(87(4,5)6)31-39-74(65)95(73)82-72(54-94)83(96-75-40-32-58(88(7,8)9)48-66(75)67-49-59(89(10,11)12)33-41-76(67)96)85(98-79-44-36-62(92(19,20)21)52-70(79)71-53-63(93(22,23)24)37-45-80(71)98)81(55-28-26-25-27-29-55)84(82)97-77-42-34-60(90(13,14)15)50-68(77)69-51-61(91(16,17)18)35-43-78(69)97/h25-53H,1-24H3. The van der Waals surface area contributed by atoms with Crippen molar-refractivity contribution in [1.29, 1.82) is 5.26 Å². The van der Waals surface area contributed by atoms with Crippen LogP contribution in [0.4, 0.5) is 0 Å². The van der Waals surface area contributed by atoms with Gasteiger partial charge >= 0.3 is 0 Å². The topological polar surface area (TPSA) is 43.5 Å². The monoisotopic (exact) mass is 1290 g/mol. The van der Waals surface area contributed by atoms with Crippen LogP contribution in [0, 0.1) is 11.3 Å². The van der Waals surface area contributed by atoms with Crippen molar-refractivity contribution in [2.45, 2.75) is 209 Å². The Kier molecular flexibility index (Phi) is 14.8. The van der Waals surface area contributed by atoms with Crippen LogP contribution >= 0.6 is 0 Å². The van der Waals surface area contributed by atoms with Gasteiger partial charge in [0.15, 0.2) is 0 Å². The van der Waals surface area contributed by atoms with Gasteiger partial charge in [-0.25, -0.2) is 0 Å². The Bertz CT molecular complexity index is 5070. The lowest BCUT2D eigenvalue weighted by Crippen LogP contribution is -2.17. The van der Waals surface area contributed by atoms with Gasteiger partial charge in [-0.05, 0) is 190 Å². The molecule has 0 saturated carbocycles. The van der Waals surface area contributed by atoms with Gasteiger partial charge in [0.05, 0.1) is 66.9 Å². The molecule has 498 valence electrons. The molecule has 0 aliphatic heterocycles. The molecule has 4 aromatic heterocycles. The lowest BCUT2D eigenvalue weighted by molar-refractivity contribution is 0.590. The summed E-state index contributed by atoms with van der Waals surface area (Å²) in [4.78, 5) is 0.